The molecule has 0 bridgehead atoms. The second kappa shape index (κ2) is 5.59. The normalized spacial score (nSPS) is 24.6. The van der Waals surface area contributed by atoms with Crippen LogP contribution in [0.4, 0.5) is 4.39 Å². The summed E-state index contributed by atoms with van der Waals surface area (Å²) < 4.78 is 14.0. The fourth-order valence-electron chi connectivity index (χ4n) is 2.43. The molecule has 1 heterocycles. The molecule has 104 valence electrons. The number of hydrogen-bond donors (Lipinski definition) is 0. The summed E-state index contributed by atoms with van der Waals surface area (Å²) in [5.74, 6) is -0.500. The third kappa shape index (κ3) is 3.15. The first kappa shape index (κ1) is 14.5. The van der Waals surface area contributed by atoms with Crippen LogP contribution < -0.4 is 0 Å². The number of rotatable bonds is 1. The minimum atomic E-state index is -0.395. The zero-order chi connectivity index (χ0) is 14.2. The lowest BCUT2D eigenvalue weighted by Crippen LogP contribution is -2.56. The van der Waals surface area contributed by atoms with Crippen molar-refractivity contribution in [3.05, 3.63) is 34.1 Å². The van der Waals surface area contributed by atoms with Gasteiger partial charge < -0.3 is 4.90 Å². The number of carbonyl (C=O) groups excluding carboxylic acids is 1. The zero-order valence-electron chi connectivity index (χ0n) is 11.4. The molecule has 0 radical (unpaired) electrons. The van der Waals surface area contributed by atoms with Crippen LogP contribution in [0.3, 0.4) is 0 Å². The quantitative estimate of drug-likeness (QED) is 0.791. The molecule has 2 atom stereocenters. The van der Waals surface area contributed by atoms with E-state index in [0.717, 1.165) is 0 Å². The summed E-state index contributed by atoms with van der Waals surface area (Å²) in [4.78, 5) is 16.5. The predicted molar refractivity (Wildman–Crippen MR) is 76.7 cm³/mol. The number of halogens is 2. The van der Waals surface area contributed by atoms with Gasteiger partial charge in [-0.2, -0.15) is 0 Å². The molecule has 1 aliphatic heterocycles. The molecule has 2 rings (SSSR count). The van der Waals surface area contributed by atoms with Crippen molar-refractivity contribution < 1.29 is 9.18 Å². The van der Waals surface area contributed by atoms with Crippen LogP contribution in [0.25, 0.3) is 0 Å². The number of amides is 1. The van der Waals surface area contributed by atoms with Crippen molar-refractivity contribution in [1.82, 2.24) is 9.80 Å². The monoisotopic (exact) mass is 328 g/mol. The summed E-state index contributed by atoms with van der Waals surface area (Å²) in [5.41, 5.74) is 0.399. The number of carbonyl (C=O) groups is 1. The molecule has 19 heavy (non-hydrogen) atoms. The lowest BCUT2D eigenvalue weighted by Gasteiger charge is -2.42. The molecule has 1 fully saturated rings. The lowest BCUT2D eigenvalue weighted by molar-refractivity contribution is 0.0414. The number of likely N-dealkylation sites (N-methyl/N-ethyl adjacent to an activating group) is 1. The van der Waals surface area contributed by atoms with Gasteiger partial charge in [0.05, 0.1) is 0 Å². The van der Waals surface area contributed by atoms with E-state index < -0.39 is 5.82 Å². The van der Waals surface area contributed by atoms with Crippen LogP contribution in [-0.2, 0) is 0 Å². The Morgan fingerprint density at radius 2 is 1.84 bits per heavy atom. The highest BCUT2D eigenvalue weighted by molar-refractivity contribution is 9.10. The van der Waals surface area contributed by atoms with Crippen LogP contribution in [0.2, 0.25) is 0 Å². The van der Waals surface area contributed by atoms with Gasteiger partial charge in [0, 0.05) is 35.2 Å². The lowest BCUT2D eigenvalue weighted by atomic mass is 10.1. The predicted octanol–water partition coefficient (Wildman–Crippen LogP) is 2.75. The summed E-state index contributed by atoms with van der Waals surface area (Å²) in [5, 5.41) is 0. The summed E-state index contributed by atoms with van der Waals surface area (Å²) in [6.07, 6.45) is 0. The molecule has 2 unspecified atom stereocenters. The Morgan fingerprint density at radius 1 is 1.26 bits per heavy atom. The first-order chi connectivity index (χ1) is 8.88. The van der Waals surface area contributed by atoms with E-state index in [1.807, 2.05) is 0 Å². The van der Waals surface area contributed by atoms with Crippen molar-refractivity contribution in [3.8, 4) is 0 Å². The first-order valence-electron chi connectivity index (χ1n) is 6.36. The highest BCUT2D eigenvalue weighted by atomic mass is 79.9. The van der Waals surface area contributed by atoms with Crippen LogP contribution in [0.15, 0.2) is 22.7 Å². The van der Waals surface area contributed by atoms with E-state index in [4.69, 9.17) is 0 Å². The Labute approximate surface area is 121 Å². The molecule has 0 spiro atoms. The molecule has 1 amide bonds. The van der Waals surface area contributed by atoms with Crippen LogP contribution in [0, 0.1) is 5.82 Å². The summed E-state index contributed by atoms with van der Waals surface area (Å²) >= 11 is 3.22. The van der Waals surface area contributed by atoms with Crippen molar-refractivity contribution in [1.29, 1.82) is 0 Å². The van der Waals surface area contributed by atoms with E-state index in [1.54, 1.807) is 11.0 Å². The van der Waals surface area contributed by atoms with Crippen molar-refractivity contribution in [3.63, 3.8) is 0 Å². The Kier molecular flexibility index (Phi) is 4.26. The van der Waals surface area contributed by atoms with Gasteiger partial charge in [-0.05, 0) is 39.1 Å². The van der Waals surface area contributed by atoms with Crippen LogP contribution >= 0.6 is 15.9 Å². The molecule has 0 saturated carbocycles. The van der Waals surface area contributed by atoms with Crippen LogP contribution in [-0.4, -0.2) is 47.9 Å². The van der Waals surface area contributed by atoms with Gasteiger partial charge in [-0.1, -0.05) is 15.9 Å². The molecule has 0 aliphatic carbocycles. The first-order valence-corrected chi connectivity index (χ1v) is 7.15. The van der Waals surface area contributed by atoms with Crippen LogP contribution in [0.1, 0.15) is 24.2 Å². The van der Waals surface area contributed by atoms with E-state index >= 15 is 0 Å². The van der Waals surface area contributed by atoms with Crippen molar-refractivity contribution in [2.45, 2.75) is 25.9 Å². The largest absolute Gasteiger partial charge is 0.336 e. The zero-order valence-corrected chi connectivity index (χ0v) is 12.9. The minimum absolute atomic E-state index is 0.105. The van der Waals surface area contributed by atoms with Crippen molar-refractivity contribution in [2.24, 2.45) is 0 Å². The van der Waals surface area contributed by atoms with Gasteiger partial charge in [-0.3, -0.25) is 9.69 Å². The molecule has 1 aromatic carbocycles. The van der Waals surface area contributed by atoms with Gasteiger partial charge in [0.25, 0.3) is 5.91 Å². The van der Waals surface area contributed by atoms with Crippen molar-refractivity contribution in [2.75, 3.05) is 20.1 Å². The van der Waals surface area contributed by atoms with E-state index in [9.17, 15) is 9.18 Å². The van der Waals surface area contributed by atoms with Gasteiger partial charge in [0.15, 0.2) is 0 Å². The number of nitrogens with zero attached hydrogens (tertiary/aromatic N) is 2. The molecule has 0 N–H and O–H groups in total. The highest BCUT2D eigenvalue weighted by Crippen LogP contribution is 2.19. The molecule has 5 heteroatoms. The maximum Gasteiger partial charge on any atom is 0.254 e. The van der Waals surface area contributed by atoms with Gasteiger partial charge in [-0.15, -0.1) is 0 Å². The maximum atomic E-state index is 13.4. The average molecular weight is 329 g/mol. The summed E-state index contributed by atoms with van der Waals surface area (Å²) in [6.45, 7) is 5.54. The second-order valence-corrected chi connectivity index (χ2v) is 6.15. The number of piperazine rings is 1. The van der Waals surface area contributed by atoms with Gasteiger partial charge in [-0.25, -0.2) is 4.39 Å². The second-order valence-electron chi connectivity index (χ2n) is 5.23. The van der Waals surface area contributed by atoms with E-state index in [0.29, 0.717) is 35.2 Å². The molecule has 3 nitrogen and oxygen atoms in total. The smallest absolute Gasteiger partial charge is 0.254 e. The standard InChI is InChI=1S/C14H18BrFN2O/c1-9-7-18(8-10(2)17(9)3)14(19)11-4-12(15)6-13(16)5-11/h4-6,9-10H,7-8H2,1-3H3. The Bertz CT molecular complexity index is 462. The number of hydrogen-bond acceptors (Lipinski definition) is 2. The number of benzene rings is 1. The fourth-order valence-corrected chi connectivity index (χ4v) is 2.90. The topological polar surface area (TPSA) is 23.6 Å². The minimum Gasteiger partial charge on any atom is -0.336 e. The fraction of sp³-hybridized carbons (Fsp3) is 0.500. The SMILES string of the molecule is CC1CN(C(=O)c2cc(F)cc(Br)c2)CC(C)N1C. The molecular formula is C14H18BrFN2O. The van der Waals surface area contributed by atoms with Gasteiger partial charge in [0.1, 0.15) is 5.82 Å². The molecule has 1 aliphatic rings. The third-order valence-electron chi connectivity index (χ3n) is 3.76. The Hall–Kier alpha value is -0.940. The van der Waals surface area contributed by atoms with E-state index in [2.05, 4.69) is 41.7 Å². The maximum absolute atomic E-state index is 13.4. The van der Waals surface area contributed by atoms with E-state index in [-0.39, 0.29) is 5.91 Å². The summed E-state index contributed by atoms with van der Waals surface area (Å²) in [7, 11) is 2.07. The van der Waals surface area contributed by atoms with Crippen molar-refractivity contribution >= 4 is 21.8 Å². The third-order valence-corrected chi connectivity index (χ3v) is 4.21. The molecular weight excluding hydrogens is 311 g/mol. The van der Waals surface area contributed by atoms with Crippen LogP contribution in [0.5, 0.6) is 0 Å². The van der Waals surface area contributed by atoms with Gasteiger partial charge in [0.2, 0.25) is 0 Å². The van der Waals surface area contributed by atoms with Gasteiger partial charge >= 0.3 is 0 Å². The molecule has 0 aromatic heterocycles. The Balaban J connectivity index is 2.20. The Morgan fingerprint density at radius 3 is 2.37 bits per heavy atom. The summed E-state index contributed by atoms with van der Waals surface area (Å²) in [6, 6.07) is 4.93. The highest BCUT2D eigenvalue weighted by Gasteiger charge is 2.29. The average Bonchev–Trinajstić information content (AvgIpc) is 2.33. The molecule has 1 aromatic rings. The molecule has 1 saturated heterocycles. The van der Waals surface area contributed by atoms with E-state index in [1.165, 1.54) is 12.1 Å².